The Morgan fingerprint density at radius 2 is 1.77 bits per heavy atom. The van der Waals surface area contributed by atoms with Crippen molar-refractivity contribution in [3.05, 3.63) is 0 Å². The van der Waals surface area contributed by atoms with Crippen molar-refractivity contribution in [2.24, 2.45) is 11.8 Å². The first kappa shape index (κ1) is 9.51. The van der Waals surface area contributed by atoms with Gasteiger partial charge in [0.1, 0.15) is 0 Å². The van der Waals surface area contributed by atoms with Crippen LogP contribution < -0.4 is 5.32 Å². The van der Waals surface area contributed by atoms with Gasteiger partial charge in [0.2, 0.25) is 0 Å². The zero-order chi connectivity index (χ0) is 9.10. The van der Waals surface area contributed by atoms with Crippen LogP contribution in [0.25, 0.3) is 0 Å². The average molecular weight is 181 g/mol. The molecule has 13 heavy (non-hydrogen) atoms. The predicted molar refractivity (Wildman–Crippen MR) is 56.8 cm³/mol. The topological polar surface area (TPSA) is 12.0 Å². The van der Waals surface area contributed by atoms with E-state index in [0.717, 1.165) is 17.9 Å². The quantitative estimate of drug-likeness (QED) is 0.703. The Bertz CT molecular complexity index is 145. The maximum Gasteiger partial charge on any atom is 0.00949 e. The molecule has 2 rings (SSSR count). The molecule has 1 N–H and O–H groups in total. The van der Waals surface area contributed by atoms with E-state index >= 15 is 0 Å². The van der Waals surface area contributed by atoms with Gasteiger partial charge in [-0.05, 0) is 38.1 Å². The van der Waals surface area contributed by atoms with Gasteiger partial charge in [-0.15, -0.1) is 0 Å². The SMILES string of the molecule is CNC(CC1CC1)C1CCCCC1. The second-order valence-corrected chi connectivity index (χ2v) is 4.97. The first-order valence-corrected chi connectivity index (χ1v) is 6.07. The highest BCUT2D eigenvalue weighted by molar-refractivity contribution is 4.84. The highest BCUT2D eigenvalue weighted by atomic mass is 14.9. The molecule has 0 bridgehead atoms. The molecule has 2 aliphatic carbocycles. The molecule has 0 amide bonds. The molecule has 0 radical (unpaired) electrons. The monoisotopic (exact) mass is 181 g/mol. The summed E-state index contributed by atoms with van der Waals surface area (Å²) in [4.78, 5) is 0. The fraction of sp³-hybridized carbons (Fsp3) is 1.00. The van der Waals surface area contributed by atoms with Crippen LogP contribution in [0.2, 0.25) is 0 Å². The number of hydrogen-bond acceptors (Lipinski definition) is 1. The van der Waals surface area contributed by atoms with Gasteiger partial charge in [-0.2, -0.15) is 0 Å². The molecule has 0 aromatic rings. The minimum absolute atomic E-state index is 0.841. The van der Waals surface area contributed by atoms with E-state index in [1.165, 1.54) is 51.4 Å². The van der Waals surface area contributed by atoms with Crippen molar-refractivity contribution < 1.29 is 0 Å². The van der Waals surface area contributed by atoms with Gasteiger partial charge in [0.25, 0.3) is 0 Å². The van der Waals surface area contributed by atoms with E-state index < -0.39 is 0 Å². The van der Waals surface area contributed by atoms with Gasteiger partial charge in [0, 0.05) is 6.04 Å². The van der Waals surface area contributed by atoms with E-state index in [1.54, 1.807) is 0 Å². The Hall–Kier alpha value is -0.0400. The third-order valence-corrected chi connectivity index (χ3v) is 3.87. The lowest BCUT2D eigenvalue weighted by atomic mass is 9.82. The molecule has 0 aromatic heterocycles. The predicted octanol–water partition coefficient (Wildman–Crippen LogP) is 2.95. The molecular weight excluding hydrogens is 158 g/mol. The van der Waals surface area contributed by atoms with Crippen LogP contribution in [0.3, 0.4) is 0 Å². The Labute approximate surface area is 82.3 Å². The summed E-state index contributed by atoms with van der Waals surface area (Å²) in [6.07, 6.45) is 11.9. The summed E-state index contributed by atoms with van der Waals surface area (Å²) in [5.74, 6) is 2.08. The van der Waals surface area contributed by atoms with Crippen molar-refractivity contribution in [2.75, 3.05) is 7.05 Å². The standard InChI is InChI=1S/C12H23N/c1-13-12(9-10-7-8-10)11-5-3-2-4-6-11/h10-13H,2-9H2,1H3. The Morgan fingerprint density at radius 1 is 1.08 bits per heavy atom. The van der Waals surface area contributed by atoms with E-state index in [4.69, 9.17) is 0 Å². The van der Waals surface area contributed by atoms with Gasteiger partial charge in [-0.25, -0.2) is 0 Å². The average Bonchev–Trinajstić information content (AvgIpc) is 2.99. The van der Waals surface area contributed by atoms with Crippen LogP contribution in [-0.4, -0.2) is 13.1 Å². The fourth-order valence-corrected chi connectivity index (χ4v) is 2.80. The van der Waals surface area contributed by atoms with Gasteiger partial charge in [-0.1, -0.05) is 32.1 Å². The summed E-state index contributed by atoms with van der Waals surface area (Å²) in [6, 6.07) is 0.841. The minimum Gasteiger partial charge on any atom is -0.317 e. The van der Waals surface area contributed by atoms with Crippen molar-refractivity contribution in [2.45, 2.75) is 57.4 Å². The van der Waals surface area contributed by atoms with Crippen LogP contribution >= 0.6 is 0 Å². The van der Waals surface area contributed by atoms with Crippen LogP contribution in [0, 0.1) is 11.8 Å². The van der Waals surface area contributed by atoms with Crippen molar-refractivity contribution in [3.8, 4) is 0 Å². The van der Waals surface area contributed by atoms with E-state index in [-0.39, 0.29) is 0 Å². The normalized spacial score (nSPS) is 27.5. The molecule has 1 atom stereocenters. The maximum atomic E-state index is 3.54. The lowest BCUT2D eigenvalue weighted by molar-refractivity contribution is 0.261. The van der Waals surface area contributed by atoms with Crippen LogP contribution in [0.15, 0.2) is 0 Å². The summed E-state index contributed by atoms with van der Waals surface area (Å²) >= 11 is 0. The molecular formula is C12H23N. The fourth-order valence-electron chi connectivity index (χ4n) is 2.80. The van der Waals surface area contributed by atoms with Gasteiger partial charge in [-0.3, -0.25) is 0 Å². The molecule has 76 valence electrons. The molecule has 1 heteroatoms. The van der Waals surface area contributed by atoms with Gasteiger partial charge in [0.05, 0.1) is 0 Å². The van der Waals surface area contributed by atoms with E-state index in [1.807, 2.05) is 0 Å². The second-order valence-electron chi connectivity index (χ2n) is 4.97. The Morgan fingerprint density at radius 3 is 2.31 bits per heavy atom. The molecule has 1 unspecified atom stereocenters. The van der Waals surface area contributed by atoms with E-state index in [9.17, 15) is 0 Å². The first-order valence-electron chi connectivity index (χ1n) is 6.07. The summed E-state index contributed by atoms with van der Waals surface area (Å²) < 4.78 is 0. The molecule has 0 heterocycles. The van der Waals surface area contributed by atoms with Crippen LogP contribution in [-0.2, 0) is 0 Å². The second kappa shape index (κ2) is 4.45. The van der Waals surface area contributed by atoms with Gasteiger partial charge in [0.15, 0.2) is 0 Å². The van der Waals surface area contributed by atoms with E-state index in [2.05, 4.69) is 12.4 Å². The number of hydrogen-bond donors (Lipinski definition) is 1. The zero-order valence-corrected chi connectivity index (χ0v) is 8.89. The molecule has 2 aliphatic rings. The molecule has 0 spiro atoms. The summed E-state index contributed by atoms with van der Waals surface area (Å²) in [6.45, 7) is 0. The number of rotatable bonds is 4. The molecule has 1 nitrogen and oxygen atoms in total. The molecule has 0 saturated heterocycles. The largest absolute Gasteiger partial charge is 0.317 e. The Kier molecular flexibility index (Phi) is 3.26. The zero-order valence-electron chi connectivity index (χ0n) is 8.89. The Balaban J connectivity index is 1.78. The van der Waals surface area contributed by atoms with Crippen LogP contribution in [0.5, 0.6) is 0 Å². The summed E-state index contributed by atoms with van der Waals surface area (Å²) in [7, 11) is 2.15. The van der Waals surface area contributed by atoms with Crippen LogP contribution in [0.1, 0.15) is 51.4 Å². The lowest BCUT2D eigenvalue weighted by Gasteiger charge is -2.30. The summed E-state index contributed by atoms with van der Waals surface area (Å²) in [5, 5.41) is 3.54. The summed E-state index contributed by atoms with van der Waals surface area (Å²) in [5.41, 5.74) is 0. The van der Waals surface area contributed by atoms with Crippen molar-refractivity contribution in [1.82, 2.24) is 5.32 Å². The van der Waals surface area contributed by atoms with Gasteiger partial charge < -0.3 is 5.32 Å². The lowest BCUT2D eigenvalue weighted by Crippen LogP contribution is -2.35. The van der Waals surface area contributed by atoms with Crippen LogP contribution in [0.4, 0.5) is 0 Å². The molecule has 0 aliphatic heterocycles. The maximum absolute atomic E-state index is 3.54. The molecule has 2 saturated carbocycles. The molecule has 2 fully saturated rings. The van der Waals surface area contributed by atoms with Gasteiger partial charge >= 0.3 is 0 Å². The first-order chi connectivity index (χ1) is 6.40. The third kappa shape index (κ3) is 2.70. The van der Waals surface area contributed by atoms with Crippen molar-refractivity contribution >= 4 is 0 Å². The highest BCUT2D eigenvalue weighted by Gasteiger charge is 2.29. The smallest absolute Gasteiger partial charge is 0.00949 e. The molecule has 0 aromatic carbocycles. The number of nitrogens with one attached hydrogen (secondary N) is 1. The van der Waals surface area contributed by atoms with E-state index in [0.29, 0.717) is 0 Å². The van der Waals surface area contributed by atoms with Crippen molar-refractivity contribution in [3.63, 3.8) is 0 Å². The van der Waals surface area contributed by atoms with Crippen molar-refractivity contribution in [1.29, 1.82) is 0 Å². The third-order valence-electron chi connectivity index (χ3n) is 3.87. The highest BCUT2D eigenvalue weighted by Crippen LogP contribution is 2.37. The minimum atomic E-state index is 0.841.